The van der Waals surface area contributed by atoms with Crippen LogP contribution in [0.1, 0.15) is 48.0 Å². The number of nitrogens with zero attached hydrogens (tertiary/aromatic N) is 2. The van der Waals surface area contributed by atoms with Gasteiger partial charge in [0.1, 0.15) is 0 Å². The van der Waals surface area contributed by atoms with Crippen molar-refractivity contribution in [2.45, 2.75) is 60.0 Å². The summed E-state index contributed by atoms with van der Waals surface area (Å²) >= 11 is -1.58. The fraction of sp³-hybridized carbons (Fsp3) is 0.700. The van der Waals surface area contributed by atoms with E-state index in [1.54, 1.807) is 11.1 Å². The Balaban J connectivity index is 3.23. The maximum atomic E-state index is 2.50. The van der Waals surface area contributed by atoms with Crippen molar-refractivity contribution in [3.05, 3.63) is 35.7 Å². The molecule has 23 heavy (non-hydrogen) atoms. The Morgan fingerprint density at radius 3 is 1.91 bits per heavy atom. The van der Waals surface area contributed by atoms with Crippen LogP contribution in [-0.4, -0.2) is 57.4 Å². The first-order chi connectivity index (χ1) is 11.1. The van der Waals surface area contributed by atoms with E-state index in [0.717, 1.165) is 36.3 Å². The van der Waals surface area contributed by atoms with E-state index in [1.807, 2.05) is 0 Å². The Hall–Kier alpha value is -0.310. The average molecular weight is 420 g/mol. The third-order valence-corrected chi connectivity index (χ3v) is 16.2. The molecule has 0 saturated carbocycles. The molecule has 0 fully saturated rings. The van der Waals surface area contributed by atoms with E-state index < -0.39 is 21.4 Å². The molecule has 0 spiro atoms. The van der Waals surface area contributed by atoms with Crippen molar-refractivity contribution >= 4 is 21.4 Å². The van der Waals surface area contributed by atoms with E-state index >= 15 is 0 Å². The van der Waals surface area contributed by atoms with Crippen LogP contribution in [0.25, 0.3) is 0 Å². The Bertz CT molecular complexity index is 413. The third-order valence-electron chi connectivity index (χ3n) is 5.25. The van der Waals surface area contributed by atoms with Gasteiger partial charge >= 0.3 is 153 Å². The normalized spacial score (nSPS) is 21.0. The summed E-state index contributed by atoms with van der Waals surface area (Å²) in [4.78, 5) is 4.94. The molecule has 0 aromatic rings. The van der Waals surface area contributed by atoms with Gasteiger partial charge in [0.2, 0.25) is 0 Å². The van der Waals surface area contributed by atoms with Gasteiger partial charge in [-0.05, 0) is 0 Å². The molecule has 0 aliphatic heterocycles. The SMILES string of the molecule is CCN(C=C1C=CCC(=CN(CC)CC)[CH]1[In]([CH2]C)[CH2]C)CC. The van der Waals surface area contributed by atoms with Gasteiger partial charge in [0.15, 0.2) is 0 Å². The summed E-state index contributed by atoms with van der Waals surface area (Å²) in [6.45, 7) is 18.4. The number of rotatable bonds is 9. The fourth-order valence-electron chi connectivity index (χ4n) is 3.62. The summed E-state index contributed by atoms with van der Waals surface area (Å²) in [5.41, 5.74) is 3.29. The first kappa shape index (κ1) is 20.7. The van der Waals surface area contributed by atoms with Crippen LogP contribution in [0.2, 0.25) is 12.0 Å². The van der Waals surface area contributed by atoms with E-state index in [2.05, 4.69) is 75.9 Å². The maximum absolute atomic E-state index is 2.50. The molecule has 0 heterocycles. The summed E-state index contributed by atoms with van der Waals surface area (Å²) in [5.74, 6) is 0. The second-order valence-corrected chi connectivity index (χ2v) is 17.3. The summed E-state index contributed by atoms with van der Waals surface area (Å²) < 4.78 is 3.71. The molecule has 1 aliphatic rings. The molecule has 0 saturated heterocycles. The molecule has 0 radical (unpaired) electrons. The van der Waals surface area contributed by atoms with E-state index in [9.17, 15) is 0 Å². The van der Waals surface area contributed by atoms with Crippen LogP contribution in [0.4, 0.5) is 0 Å². The van der Waals surface area contributed by atoms with E-state index in [0.29, 0.717) is 0 Å². The second-order valence-electron chi connectivity index (χ2n) is 6.44. The zero-order valence-electron chi connectivity index (χ0n) is 16.3. The Labute approximate surface area is 152 Å². The van der Waals surface area contributed by atoms with Gasteiger partial charge in [0.25, 0.3) is 0 Å². The van der Waals surface area contributed by atoms with Crippen molar-refractivity contribution in [2.75, 3.05) is 26.2 Å². The summed E-state index contributed by atoms with van der Waals surface area (Å²) in [6.07, 6.45) is 10.9. The van der Waals surface area contributed by atoms with Gasteiger partial charge < -0.3 is 0 Å². The molecule has 0 bridgehead atoms. The van der Waals surface area contributed by atoms with Gasteiger partial charge in [0.05, 0.1) is 0 Å². The summed E-state index contributed by atoms with van der Waals surface area (Å²) in [6, 6.07) is 0. The van der Waals surface area contributed by atoms with E-state index in [1.165, 1.54) is 8.35 Å². The van der Waals surface area contributed by atoms with E-state index in [4.69, 9.17) is 0 Å². The van der Waals surface area contributed by atoms with Crippen molar-refractivity contribution in [1.29, 1.82) is 0 Å². The molecule has 0 N–H and O–H groups in total. The third kappa shape index (κ3) is 5.92. The van der Waals surface area contributed by atoms with Gasteiger partial charge in [0, 0.05) is 0 Å². The molecular formula is C20H37InN2. The molecule has 1 unspecified atom stereocenters. The average Bonchev–Trinajstić information content (AvgIpc) is 2.59. The zero-order chi connectivity index (χ0) is 17.2. The second kappa shape index (κ2) is 11.3. The van der Waals surface area contributed by atoms with Crippen molar-refractivity contribution in [2.24, 2.45) is 0 Å². The topological polar surface area (TPSA) is 6.48 Å². The Kier molecular flexibility index (Phi) is 10.2. The monoisotopic (exact) mass is 420 g/mol. The van der Waals surface area contributed by atoms with Crippen molar-refractivity contribution in [1.82, 2.24) is 9.80 Å². The van der Waals surface area contributed by atoms with Gasteiger partial charge in [-0.1, -0.05) is 0 Å². The molecule has 0 aromatic carbocycles. The molecule has 0 aromatic heterocycles. The van der Waals surface area contributed by atoms with Crippen LogP contribution in [0.5, 0.6) is 0 Å². The first-order valence-corrected chi connectivity index (χ1v) is 16.3. The van der Waals surface area contributed by atoms with Crippen LogP contribution in [0, 0.1) is 0 Å². The fourth-order valence-corrected chi connectivity index (χ4v) is 12.4. The minimum absolute atomic E-state index is 0.790. The van der Waals surface area contributed by atoms with E-state index in [-0.39, 0.29) is 0 Å². The van der Waals surface area contributed by atoms with Crippen LogP contribution in [0.3, 0.4) is 0 Å². The van der Waals surface area contributed by atoms with Crippen LogP contribution in [0.15, 0.2) is 35.7 Å². The van der Waals surface area contributed by atoms with Gasteiger partial charge in [-0.3, -0.25) is 0 Å². The predicted octanol–water partition coefficient (Wildman–Crippen LogP) is 5.30. The van der Waals surface area contributed by atoms with Crippen molar-refractivity contribution < 1.29 is 0 Å². The molecule has 0 amide bonds. The predicted molar refractivity (Wildman–Crippen MR) is 106 cm³/mol. The van der Waals surface area contributed by atoms with Gasteiger partial charge in [-0.2, -0.15) is 0 Å². The minimum atomic E-state index is -1.58. The Morgan fingerprint density at radius 1 is 0.913 bits per heavy atom. The summed E-state index contributed by atoms with van der Waals surface area (Å²) in [7, 11) is 0. The molecule has 1 rings (SSSR count). The molecule has 3 heteroatoms. The van der Waals surface area contributed by atoms with Gasteiger partial charge in [-0.25, -0.2) is 0 Å². The van der Waals surface area contributed by atoms with Crippen LogP contribution >= 0.6 is 0 Å². The van der Waals surface area contributed by atoms with Crippen LogP contribution in [-0.2, 0) is 0 Å². The molecule has 1 atom stereocenters. The first-order valence-electron chi connectivity index (χ1n) is 9.71. The van der Waals surface area contributed by atoms with Crippen molar-refractivity contribution in [3.8, 4) is 0 Å². The molecule has 130 valence electrons. The van der Waals surface area contributed by atoms with Gasteiger partial charge in [-0.15, -0.1) is 0 Å². The molecule has 2 nitrogen and oxygen atoms in total. The number of hydrogen-bond acceptors (Lipinski definition) is 2. The molecular weight excluding hydrogens is 383 g/mol. The van der Waals surface area contributed by atoms with Crippen LogP contribution < -0.4 is 0 Å². The molecule has 1 aliphatic carbocycles. The quantitative estimate of drug-likeness (QED) is 0.499. The van der Waals surface area contributed by atoms with Crippen molar-refractivity contribution in [3.63, 3.8) is 0 Å². The standard InChI is InChI=1S/C16H27N2.2C2H5.In/c1-5-17(6-2)13-15-10-9-11-16(12-15)14-18(7-3)8-4;2*1-2;/h9-10,12-14H,5-8,11H2,1-4H3;2*1H2,2H3;. The number of hydrogen-bond donors (Lipinski definition) is 0. The number of allylic oxidation sites excluding steroid dienone is 4. The Morgan fingerprint density at radius 2 is 1.43 bits per heavy atom. The zero-order valence-corrected chi connectivity index (χ0v) is 19.6. The summed E-state index contributed by atoms with van der Waals surface area (Å²) in [5, 5.41) is 0.